The molecule has 0 unspecified atom stereocenters. The largest absolute Gasteiger partial charge is 0.381 e. The van der Waals surface area contributed by atoms with Crippen LogP contribution >= 0.6 is 24.0 Å². The van der Waals surface area contributed by atoms with Gasteiger partial charge in [-0.3, -0.25) is 9.89 Å². The lowest BCUT2D eigenvalue weighted by atomic mass is 9.80. The predicted molar refractivity (Wildman–Crippen MR) is 130 cm³/mol. The Labute approximate surface area is 194 Å². The van der Waals surface area contributed by atoms with E-state index < -0.39 is 0 Å². The first-order valence-corrected chi connectivity index (χ1v) is 11.6. The van der Waals surface area contributed by atoms with Gasteiger partial charge in [0.2, 0.25) is 0 Å². The van der Waals surface area contributed by atoms with Crippen LogP contribution in [-0.4, -0.2) is 99.3 Å². The fraction of sp³-hybridized carbons (Fsp3) is 0.955. The predicted octanol–water partition coefficient (Wildman–Crippen LogP) is 2.63. The van der Waals surface area contributed by atoms with Gasteiger partial charge < -0.3 is 19.9 Å². The van der Waals surface area contributed by atoms with Gasteiger partial charge in [0.25, 0.3) is 0 Å². The topological polar surface area (TPSA) is 43.3 Å². The van der Waals surface area contributed by atoms with Gasteiger partial charge in [-0.05, 0) is 83.6 Å². The molecule has 4 fully saturated rings. The minimum Gasteiger partial charge on any atom is -0.381 e. The molecule has 4 aliphatic rings. The molecule has 29 heavy (non-hydrogen) atoms. The minimum atomic E-state index is 0. The van der Waals surface area contributed by atoms with Crippen molar-refractivity contribution in [1.82, 2.24) is 20.0 Å². The van der Waals surface area contributed by atoms with E-state index >= 15 is 0 Å². The van der Waals surface area contributed by atoms with Crippen molar-refractivity contribution >= 4 is 29.9 Å². The maximum Gasteiger partial charge on any atom is 0.193 e. The molecular weight excluding hydrogens is 477 g/mol. The molecule has 4 saturated heterocycles. The molecule has 0 saturated carbocycles. The Bertz CT molecular complexity index is 537. The highest BCUT2D eigenvalue weighted by atomic mass is 127. The molecule has 0 amide bonds. The van der Waals surface area contributed by atoms with Crippen LogP contribution in [0.25, 0.3) is 0 Å². The number of ether oxygens (including phenoxy) is 1. The number of rotatable bonds is 3. The maximum atomic E-state index is 5.62. The van der Waals surface area contributed by atoms with Crippen molar-refractivity contribution < 1.29 is 4.74 Å². The number of aliphatic imine (C=N–C) groups is 1. The SMILES string of the molecule is CN=C(NCC1(N2CCCCC2)CCN(C)CC1)N1CCC2(CCOCC2)C1.I. The number of piperidine rings is 2. The monoisotopic (exact) mass is 519 g/mol. The summed E-state index contributed by atoms with van der Waals surface area (Å²) >= 11 is 0. The van der Waals surface area contributed by atoms with E-state index in [-0.39, 0.29) is 24.0 Å². The Morgan fingerprint density at radius 1 is 0.931 bits per heavy atom. The molecule has 4 heterocycles. The number of likely N-dealkylation sites (tertiary alicyclic amines) is 3. The van der Waals surface area contributed by atoms with E-state index in [0.29, 0.717) is 11.0 Å². The maximum absolute atomic E-state index is 5.62. The Hall–Kier alpha value is -0.120. The average molecular weight is 520 g/mol. The first-order valence-electron chi connectivity index (χ1n) is 11.6. The number of hydrogen-bond donors (Lipinski definition) is 1. The lowest BCUT2D eigenvalue weighted by molar-refractivity contribution is 0.0163. The molecule has 0 atom stereocenters. The van der Waals surface area contributed by atoms with Gasteiger partial charge in [0.15, 0.2) is 5.96 Å². The van der Waals surface area contributed by atoms with Crippen LogP contribution < -0.4 is 5.32 Å². The molecular formula is C22H42IN5O. The van der Waals surface area contributed by atoms with Gasteiger partial charge in [0.05, 0.1) is 0 Å². The van der Waals surface area contributed by atoms with Crippen LogP contribution in [0.5, 0.6) is 0 Å². The third kappa shape index (κ3) is 5.39. The summed E-state index contributed by atoms with van der Waals surface area (Å²) in [6.45, 7) is 10.2. The third-order valence-electron chi connectivity index (χ3n) is 8.02. The summed E-state index contributed by atoms with van der Waals surface area (Å²) in [7, 11) is 4.23. The van der Waals surface area contributed by atoms with E-state index in [9.17, 15) is 0 Å². The summed E-state index contributed by atoms with van der Waals surface area (Å²) in [6, 6.07) is 0. The van der Waals surface area contributed by atoms with E-state index in [4.69, 9.17) is 9.73 Å². The van der Waals surface area contributed by atoms with Gasteiger partial charge in [-0.2, -0.15) is 0 Å². The Kier molecular flexibility index (Phi) is 8.49. The quantitative estimate of drug-likeness (QED) is 0.353. The zero-order valence-electron chi connectivity index (χ0n) is 18.6. The zero-order valence-corrected chi connectivity index (χ0v) is 21.0. The van der Waals surface area contributed by atoms with Crippen LogP contribution in [-0.2, 0) is 4.74 Å². The summed E-state index contributed by atoms with van der Waals surface area (Å²) in [6.07, 6.45) is 10.4. The van der Waals surface area contributed by atoms with Gasteiger partial charge in [-0.15, -0.1) is 24.0 Å². The van der Waals surface area contributed by atoms with Crippen LogP contribution in [0.4, 0.5) is 0 Å². The first kappa shape index (κ1) is 23.5. The number of guanidine groups is 1. The van der Waals surface area contributed by atoms with E-state index in [1.807, 2.05) is 7.05 Å². The number of nitrogens with zero attached hydrogens (tertiary/aromatic N) is 4. The van der Waals surface area contributed by atoms with Crippen molar-refractivity contribution in [2.24, 2.45) is 10.4 Å². The average Bonchev–Trinajstić information content (AvgIpc) is 3.14. The van der Waals surface area contributed by atoms with Gasteiger partial charge in [0, 0.05) is 45.4 Å². The Morgan fingerprint density at radius 3 is 2.28 bits per heavy atom. The number of hydrogen-bond acceptors (Lipinski definition) is 4. The zero-order chi connectivity index (χ0) is 19.5. The van der Waals surface area contributed by atoms with Gasteiger partial charge in [-0.1, -0.05) is 6.42 Å². The Balaban J connectivity index is 0.00000240. The summed E-state index contributed by atoms with van der Waals surface area (Å²) in [5, 5.41) is 3.84. The molecule has 4 aliphatic heterocycles. The molecule has 6 nitrogen and oxygen atoms in total. The Morgan fingerprint density at radius 2 is 1.62 bits per heavy atom. The van der Waals surface area contributed by atoms with Gasteiger partial charge in [0.1, 0.15) is 0 Å². The highest BCUT2D eigenvalue weighted by Crippen LogP contribution is 2.39. The number of nitrogens with one attached hydrogen (secondary N) is 1. The van der Waals surface area contributed by atoms with Crippen LogP contribution in [0.3, 0.4) is 0 Å². The lowest BCUT2D eigenvalue weighted by Gasteiger charge is -2.50. The highest BCUT2D eigenvalue weighted by Gasteiger charge is 2.42. The summed E-state index contributed by atoms with van der Waals surface area (Å²) in [4.78, 5) is 12.5. The van der Waals surface area contributed by atoms with Crippen molar-refractivity contribution in [3.05, 3.63) is 0 Å². The molecule has 0 radical (unpaired) electrons. The lowest BCUT2D eigenvalue weighted by Crippen LogP contribution is -2.62. The second-order valence-electron chi connectivity index (χ2n) is 9.76. The van der Waals surface area contributed by atoms with Gasteiger partial charge >= 0.3 is 0 Å². The highest BCUT2D eigenvalue weighted by molar-refractivity contribution is 14.0. The molecule has 7 heteroatoms. The number of halogens is 1. The fourth-order valence-electron chi connectivity index (χ4n) is 5.91. The standard InChI is InChI=1S/C22H41N5O.HI/c1-23-20(26-15-6-21(19-26)9-16-28-17-10-21)24-18-22(7-13-25(2)14-8-22)27-11-4-3-5-12-27;/h3-19H2,1-2H3,(H,23,24);1H. The molecule has 0 aromatic carbocycles. The summed E-state index contributed by atoms with van der Waals surface area (Å²) in [5.74, 6) is 1.12. The van der Waals surface area contributed by atoms with Crippen molar-refractivity contribution in [1.29, 1.82) is 0 Å². The molecule has 0 aliphatic carbocycles. The van der Waals surface area contributed by atoms with Crippen LogP contribution in [0.2, 0.25) is 0 Å². The van der Waals surface area contributed by atoms with E-state index in [0.717, 1.165) is 38.8 Å². The second-order valence-corrected chi connectivity index (χ2v) is 9.76. The van der Waals surface area contributed by atoms with Crippen molar-refractivity contribution in [2.75, 3.05) is 73.1 Å². The van der Waals surface area contributed by atoms with E-state index in [2.05, 4.69) is 27.1 Å². The molecule has 1 spiro atoms. The smallest absolute Gasteiger partial charge is 0.193 e. The van der Waals surface area contributed by atoms with E-state index in [1.54, 1.807) is 0 Å². The first-order chi connectivity index (χ1) is 13.6. The van der Waals surface area contributed by atoms with Crippen molar-refractivity contribution in [3.8, 4) is 0 Å². The van der Waals surface area contributed by atoms with Crippen LogP contribution in [0.15, 0.2) is 4.99 Å². The molecule has 168 valence electrons. The van der Waals surface area contributed by atoms with Crippen LogP contribution in [0.1, 0.15) is 51.4 Å². The van der Waals surface area contributed by atoms with E-state index in [1.165, 1.54) is 77.5 Å². The summed E-state index contributed by atoms with van der Waals surface area (Å²) < 4.78 is 5.62. The molecule has 1 N–H and O–H groups in total. The second kappa shape index (κ2) is 10.5. The molecule has 0 bridgehead atoms. The van der Waals surface area contributed by atoms with Crippen molar-refractivity contribution in [2.45, 2.75) is 56.9 Å². The van der Waals surface area contributed by atoms with Crippen molar-refractivity contribution in [3.63, 3.8) is 0 Å². The third-order valence-corrected chi connectivity index (χ3v) is 8.02. The molecule has 0 aromatic heterocycles. The van der Waals surface area contributed by atoms with Crippen LogP contribution in [0, 0.1) is 5.41 Å². The summed E-state index contributed by atoms with van der Waals surface area (Å²) in [5.41, 5.74) is 0.771. The molecule has 0 aromatic rings. The fourth-order valence-corrected chi connectivity index (χ4v) is 5.91. The van der Waals surface area contributed by atoms with Gasteiger partial charge in [-0.25, -0.2) is 0 Å². The minimum absolute atomic E-state index is 0. The normalized spacial score (nSPS) is 28.3. The molecule has 4 rings (SSSR count).